The van der Waals surface area contributed by atoms with Crippen molar-refractivity contribution in [3.63, 3.8) is 0 Å². The number of hydrogen-bond donors (Lipinski definition) is 2. The highest BCUT2D eigenvalue weighted by atomic mass is 35.5. The third-order valence-electron chi connectivity index (χ3n) is 4.77. The van der Waals surface area contributed by atoms with Gasteiger partial charge in [0.05, 0.1) is 10.0 Å². The number of carbonyl (C=O) groups excluding carboxylic acids is 1. The van der Waals surface area contributed by atoms with E-state index in [2.05, 4.69) is 15.5 Å². The van der Waals surface area contributed by atoms with Gasteiger partial charge in [-0.15, -0.1) is 0 Å². The maximum absolute atomic E-state index is 12.2. The lowest BCUT2D eigenvalue weighted by Gasteiger charge is -2.32. The van der Waals surface area contributed by atoms with E-state index in [0.29, 0.717) is 26.6 Å². The monoisotopic (exact) mass is 459 g/mol. The normalized spacial score (nSPS) is 15.4. The Morgan fingerprint density at radius 1 is 0.964 bits per heavy atom. The number of nitrogens with zero attached hydrogens (tertiary/aromatic N) is 1. The van der Waals surface area contributed by atoms with Crippen molar-refractivity contribution >= 4 is 52.4 Å². The molecule has 2 aromatic rings. The predicted molar refractivity (Wildman–Crippen MR) is 117 cm³/mol. The standard InChI is InChI=1S/C20H21Cl4N3O/c21-15-3-2-14(18(23)10-15)11-25-20(28)26-16-5-7-27(8-6-16)12-13-1-4-17(22)19(24)9-13/h1-4,9-10,16H,5-8,11-12H2,(H2,25,26,28). The molecule has 2 aromatic carbocycles. The first-order valence-corrected chi connectivity index (χ1v) is 10.6. The van der Waals surface area contributed by atoms with Crippen LogP contribution in [0.4, 0.5) is 4.79 Å². The van der Waals surface area contributed by atoms with Crippen LogP contribution in [0.15, 0.2) is 36.4 Å². The van der Waals surface area contributed by atoms with Crippen molar-refractivity contribution in [1.29, 1.82) is 0 Å². The van der Waals surface area contributed by atoms with Crippen LogP contribution in [0.2, 0.25) is 20.1 Å². The summed E-state index contributed by atoms with van der Waals surface area (Å²) < 4.78 is 0. The summed E-state index contributed by atoms with van der Waals surface area (Å²) in [4.78, 5) is 14.5. The molecule has 4 nitrogen and oxygen atoms in total. The molecule has 150 valence electrons. The van der Waals surface area contributed by atoms with Crippen molar-refractivity contribution in [3.8, 4) is 0 Å². The van der Waals surface area contributed by atoms with E-state index in [-0.39, 0.29) is 12.1 Å². The number of carbonyl (C=O) groups is 1. The minimum atomic E-state index is -0.186. The molecular formula is C20H21Cl4N3O. The smallest absolute Gasteiger partial charge is 0.315 e. The van der Waals surface area contributed by atoms with Gasteiger partial charge in [0.25, 0.3) is 0 Å². The topological polar surface area (TPSA) is 44.4 Å². The van der Waals surface area contributed by atoms with Gasteiger partial charge in [-0.3, -0.25) is 4.90 Å². The Hall–Kier alpha value is -1.17. The van der Waals surface area contributed by atoms with Crippen LogP contribution in [0.25, 0.3) is 0 Å². The van der Waals surface area contributed by atoms with E-state index in [1.807, 2.05) is 24.3 Å². The zero-order valence-electron chi connectivity index (χ0n) is 15.2. The van der Waals surface area contributed by atoms with Crippen molar-refractivity contribution in [3.05, 3.63) is 67.6 Å². The molecule has 28 heavy (non-hydrogen) atoms. The first-order valence-electron chi connectivity index (χ1n) is 9.05. The molecule has 8 heteroatoms. The van der Waals surface area contributed by atoms with Gasteiger partial charge in [-0.25, -0.2) is 4.79 Å². The number of rotatable bonds is 5. The van der Waals surface area contributed by atoms with Crippen molar-refractivity contribution < 1.29 is 4.79 Å². The molecule has 0 spiro atoms. The maximum Gasteiger partial charge on any atom is 0.315 e. The summed E-state index contributed by atoms with van der Waals surface area (Å²) in [5.74, 6) is 0. The molecule has 1 heterocycles. The summed E-state index contributed by atoms with van der Waals surface area (Å²) in [7, 11) is 0. The van der Waals surface area contributed by atoms with Crippen LogP contribution < -0.4 is 10.6 Å². The average molecular weight is 461 g/mol. The summed E-state index contributed by atoms with van der Waals surface area (Å²) in [6, 6.07) is 10.9. The van der Waals surface area contributed by atoms with Crippen LogP contribution in [-0.2, 0) is 13.1 Å². The Labute approximate surface area is 185 Å². The number of likely N-dealkylation sites (tertiary alicyclic amines) is 1. The zero-order valence-corrected chi connectivity index (χ0v) is 18.2. The van der Waals surface area contributed by atoms with Gasteiger partial charge in [0.2, 0.25) is 0 Å². The van der Waals surface area contributed by atoms with Crippen LogP contribution in [0.3, 0.4) is 0 Å². The molecule has 2 amide bonds. The highest BCUT2D eigenvalue weighted by molar-refractivity contribution is 6.42. The van der Waals surface area contributed by atoms with Crippen LogP contribution in [0.5, 0.6) is 0 Å². The van der Waals surface area contributed by atoms with Gasteiger partial charge in [0.15, 0.2) is 0 Å². The van der Waals surface area contributed by atoms with Gasteiger partial charge in [-0.05, 0) is 48.2 Å². The SMILES string of the molecule is O=C(NCc1ccc(Cl)cc1Cl)NC1CCN(Cc2ccc(Cl)c(Cl)c2)CC1. The maximum atomic E-state index is 12.2. The minimum absolute atomic E-state index is 0.158. The third kappa shape index (κ3) is 6.16. The summed E-state index contributed by atoms with van der Waals surface area (Å²) in [5, 5.41) is 8.15. The van der Waals surface area contributed by atoms with Crippen molar-refractivity contribution in [2.75, 3.05) is 13.1 Å². The van der Waals surface area contributed by atoms with Crippen molar-refractivity contribution in [1.82, 2.24) is 15.5 Å². The van der Waals surface area contributed by atoms with Crippen LogP contribution in [0.1, 0.15) is 24.0 Å². The number of urea groups is 1. The van der Waals surface area contributed by atoms with E-state index >= 15 is 0 Å². The first-order chi connectivity index (χ1) is 13.4. The second kappa shape index (κ2) is 10.0. The molecule has 0 atom stereocenters. The van der Waals surface area contributed by atoms with Gasteiger partial charge in [-0.2, -0.15) is 0 Å². The van der Waals surface area contributed by atoms with Crippen molar-refractivity contribution in [2.24, 2.45) is 0 Å². The lowest BCUT2D eigenvalue weighted by Crippen LogP contribution is -2.47. The van der Waals surface area contributed by atoms with Gasteiger partial charge < -0.3 is 10.6 Å². The Bertz CT molecular complexity index is 838. The Balaban J connectivity index is 1.41. The van der Waals surface area contributed by atoms with E-state index in [1.165, 1.54) is 0 Å². The summed E-state index contributed by atoms with van der Waals surface area (Å²) in [6.45, 7) is 3.01. The largest absolute Gasteiger partial charge is 0.335 e. The molecule has 2 N–H and O–H groups in total. The predicted octanol–water partition coefficient (Wildman–Crippen LogP) is 5.76. The third-order valence-corrected chi connectivity index (χ3v) is 6.09. The van der Waals surface area contributed by atoms with Gasteiger partial charge >= 0.3 is 6.03 Å². The van der Waals surface area contributed by atoms with E-state index in [0.717, 1.165) is 43.6 Å². The molecule has 0 aromatic heterocycles. The van der Waals surface area contributed by atoms with E-state index in [4.69, 9.17) is 46.4 Å². The van der Waals surface area contributed by atoms with E-state index in [9.17, 15) is 4.79 Å². The lowest BCUT2D eigenvalue weighted by atomic mass is 10.0. The average Bonchev–Trinajstić information content (AvgIpc) is 2.66. The number of nitrogens with one attached hydrogen (secondary N) is 2. The molecule has 1 fully saturated rings. The number of piperidine rings is 1. The molecule has 1 aliphatic rings. The Morgan fingerprint density at radius 2 is 1.71 bits per heavy atom. The molecular weight excluding hydrogens is 440 g/mol. The molecule has 0 saturated carbocycles. The van der Waals surface area contributed by atoms with Gasteiger partial charge in [-0.1, -0.05) is 58.5 Å². The van der Waals surface area contributed by atoms with Gasteiger partial charge in [0.1, 0.15) is 0 Å². The van der Waals surface area contributed by atoms with Crippen LogP contribution in [-0.4, -0.2) is 30.1 Å². The fraction of sp³-hybridized carbons (Fsp3) is 0.350. The Kier molecular flexibility index (Phi) is 7.72. The zero-order chi connectivity index (χ0) is 20.1. The molecule has 3 rings (SSSR count). The van der Waals surface area contributed by atoms with E-state index < -0.39 is 0 Å². The van der Waals surface area contributed by atoms with Gasteiger partial charge in [0, 0.05) is 42.3 Å². The number of hydrogen-bond acceptors (Lipinski definition) is 2. The fourth-order valence-electron chi connectivity index (χ4n) is 3.21. The summed E-state index contributed by atoms with van der Waals surface area (Å²) in [6.07, 6.45) is 1.80. The number of halogens is 4. The molecule has 0 bridgehead atoms. The van der Waals surface area contributed by atoms with Crippen LogP contribution >= 0.6 is 46.4 Å². The second-order valence-corrected chi connectivity index (χ2v) is 8.52. The molecule has 0 aliphatic carbocycles. The van der Waals surface area contributed by atoms with E-state index in [1.54, 1.807) is 12.1 Å². The highest BCUT2D eigenvalue weighted by Crippen LogP contribution is 2.24. The number of benzene rings is 2. The molecule has 1 aliphatic heterocycles. The Morgan fingerprint density at radius 3 is 2.39 bits per heavy atom. The molecule has 0 radical (unpaired) electrons. The summed E-state index contributed by atoms with van der Waals surface area (Å²) in [5.41, 5.74) is 1.97. The second-order valence-electron chi connectivity index (χ2n) is 6.86. The quantitative estimate of drug-likeness (QED) is 0.595. The van der Waals surface area contributed by atoms with Crippen LogP contribution in [0, 0.1) is 0 Å². The molecule has 0 unspecified atom stereocenters. The minimum Gasteiger partial charge on any atom is -0.335 e. The van der Waals surface area contributed by atoms with Crippen molar-refractivity contribution in [2.45, 2.75) is 32.0 Å². The fourth-order valence-corrected chi connectivity index (χ4v) is 4.00. The number of amides is 2. The lowest BCUT2D eigenvalue weighted by molar-refractivity contribution is 0.186. The highest BCUT2D eigenvalue weighted by Gasteiger charge is 2.21. The molecule has 1 saturated heterocycles. The first kappa shape index (κ1) is 21.5. The summed E-state index contributed by atoms with van der Waals surface area (Å²) >= 11 is 24.1.